The van der Waals surface area contributed by atoms with Crippen LogP contribution in [0.15, 0.2) is 42.5 Å². The van der Waals surface area contributed by atoms with E-state index in [4.69, 9.17) is 16.3 Å². The van der Waals surface area contributed by atoms with Gasteiger partial charge < -0.3 is 15.4 Å². The molecule has 2 aromatic carbocycles. The highest BCUT2D eigenvalue weighted by Crippen LogP contribution is 2.20. The van der Waals surface area contributed by atoms with Gasteiger partial charge in [-0.2, -0.15) is 0 Å². The van der Waals surface area contributed by atoms with Crippen molar-refractivity contribution >= 4 is 28.9 Å². The number of halogens is 1. The molecule has 122 valence electrons. The second-order valence-corrected chi connectivity index (χ2v) is 5.58. The van der Waals surface area contributed by atoms with Crippen LogP contribution in [0.25, 0.3) is 0 Å². The van der Waals surface area contributed by atoms with E-state index in [1.54, 1.807) is 6.07 Å². The third-order valence-corrected chi connectivity index (χ3v) is 3.54. The van der Waals surface area contributed by atoms with Gasteiger partial charge in [-0.3, -0.25) is 4.79 Å². The van der Waals surface area contributed by atoms with Crippen molar-refractivity contribution in [1.82, 2.24) is 0 Å². The third kappa shape index (κ3) is 5.49. The maximum atomic E-state index is 12.0. The molecule has 5 heteroatoms. The SMILES string of the molecule is CCOc1ccc(NCCC(=O)Nc2ccc(Cl)cc2C)cc1. The number of rotatable bonds is 7. The standard InChI is InChI=1S/C18H21ClN2O2/c1-3-23-16-7-5-15(6-8-16)20-11-10-18(22)21-17-9-4-14(19)12-13(17)2/h4-9,12,20H,3,10-11H2,1-2H3,(H,21,22). The summed E-state index contributed by atoms with van der Waals surface area (Å²) < 4.78 is 5.39. The lowest BCUT2D eigenvalue weighted by atomic mass is 10.2. The molecule has 4 nitrogen and oxygen atoms in total. The van der Waals surface area contributed by atoms with E-state index in [1.807, 2.05) is 50.2 Å². The minimum absolute atomic E-state index is 0.0335. The Hall–Kier alpha value is -2.20. The zero-order valence-electron chi connectivity index (χ0n) is 13.4. The Labute approximate surface area is 141 Å². The summed E-state index contributed by atoms with van der Waals surface area (Å²) in [5, 5.41) is 6.77. The fourth-order valence-corrected chi connectivity index (χ4v) is 2.36. The van der Waals surface area contributed by atoms with Crippen molar-refractivity contribution in [2.24, 2.45) is 0 Å². The second-order valence-electron chi connectivity index (χ2n) is 5.14. The van der Waals surface area contributed by atoms with Crippen LogP contribution in [-0.2, 0) is 4.79 Å². The van der Waals surface area contributed by atoms with Crippen molar-refractivity contribution in [3.63, 3.8) is 0 Å². The van der Waals surface area contributed by atoms with Gasteiger partial charge in [-0.05, 0) is 61.9 Å². The van der Waals surface area contributed by atoms with E-state index >= 15 is 0 Å². The first-order valence-corrected chi connectivity index (χ1v) is 7.99. The summed E-state index contributed by atoms with van der Waals surface area (Å²) in [7, 11) is 0. The molecule has 2 aromatic rings. The van der Waals surface area contributed by atoms with Crippen LogP contribution in [0.1, 0.15) is 18.9 Å². The van der Waals surface area contributed by atoms with E-state index in [0.29, 0.717) is 24.6 Å². The molecule has 2 rings (SSSR count). The van der Waals surface area contributed by atoms with Gasteiger partial charge in [0.25, 0.3) is 0 Å². The van der Waals surface area contributed by atoms with Crippen molar-refractivity contribution in [2.45, 2.75) is 20.3 Å². The molecule has 0 aliphatic carbocycles. The molecule has 0 radical (unpaired) electrons. The van der Waals surface area contributed by atoms with Gasteiger partial charge in [-0.1, -0.05) is 11.6 Å². The van der Waals surface area contributed by atoms with Gasteiger partial charge >= 0.3 is 0 Å². The predicted molar refractivity (Wildman–Crippen MR) is 95.5 cm³/mol. The summed E-state index contributed by atoms with van der Waals surface area (Å²) >= 11 is 5.90. The minimum atomic E-state index is -0.0335. The van der Waals surface area contributed by atoms with Crippen LogP contribution in [0.3, 0.4) is 0 Å². The highest BCUT2D eigenvalue weighted by molar-refractivity contribution is 6.30. The van der Waals surface area contributed by atoms with E-state index in [-0.39, 0.29) is 5.91 Å². The maximum absolute atomic E-state index is 12.0. The Kier molecular flexibility index (Phi) is 6.29. The van der Waals surface area contributed by atoms with Gasteiger partial charge in [0.2, 0.25) is 5.91 Å². The molecule has 0 aliphatic rings. The summed E-state index contributed by atoms with van der Waals surface area (Å²) in [6.07, 6.45) is 0.384. The Morgan fingerprint density at radius 3 is 2.57 bits per heavy atom. The van der Waals surface area contributed by atoms with Crippen LogP contribution in [0.2, 0.25) is 5.02 Å². The molecule has 1 amide bonds. The normalized spacial score (nSPS) is 10.2. The third-order valence-electron chi connectivity index (χ3n) is 3.31. The topological polar surface area (TPSA) is 50.4 Å². The fourth-order valence-electron chi connectivity index (χ4n) is 2.14. The van der Waals surface area contributed by atoms with Crippen LogP contribution in [0.4, 0.5) is 11.4 Å². The number of benzene rings is 2. The lowest BCUT2D eigenvalue weighted by Gasteiger charge is -2.10. The fraction of sp³-hybridized carbons (Fsp3) is 0.278. The molecule has 23 heavy (non-hydrogen) atoms. The van der Waals surface area contributed by atoms with Crippen molar-refractivity contribution in [2.75, 3.05) is 23.8 Å². The van der Waals surface area contributed by atoms with Gasteiger partial charge in [0, 0.05) is 29.4 Å². The molecule has 0 aromatic heterocycles. The van der Waals surface area contributed by atoms with Crippen molar-refractivity contribution < 1.29 is 9.53 Å². The number of carbonyl (C=O) groups is 1. The first-order valence-electron chi connectivity index (χ1n) is 7.61. The van der Waals surface area contributed by atoms with Gasteiger partial charge in [0.1, 0.15) is 5.75 Å². The Morgan fingerprint density at radius 2 is 1.91 bits per heavy atom. The van der Waals surface area contributed by atoms with E-state index in [2.05, 4.69) is 10.6 Å². The summed E-state index contributed by atoms with van der Waals surface area (Å²) in [5.41, 5.74) is 2.70. The molecule has 0 spiro atoms. The van der Waals surface area contributed by atoms with Crippen molar-refractivity contribution in [1.29, 1.82) is 0 Å². The number of carbonyl (C=O) groups excluding carboxylic acids is 1. The highest BCUT2D eigenvalue weighted by Gasteiger charge is 2.05. The molecule has 0 saturated heterocycles. The summed E-state index contributed by atoms with van der Waals surface area (Å²) in [5.74, 6) is 0.808. The number of hydrogen-bond donors (Lipinski definition) is 2. The number of aryl methyl sites for hydroxylation is 1. The zero-order chi connectivity index (χ0) is 16.7. The Balaban J connectivity index is 1.78. The number of amides is 1. The number of anilines is 2. The van der Waals surface area contributed by atoms with Gasteiger partial charge in [0.15, 0.2) is 0 Å². The lowest BCUT2D eigenvalue weighted by Crippen LogP contribution is -2.16. The first kappa shape index (κ1) is 17.2. The Morgan fingerprint density at radius 1 is 1.17 bits per heavy atom. The van der Waals surface area contributed by atoms with E-state index in [0.717, 1.165) is 22.7 Å². The average Bonchev–Trinajstić information content (AvgIpc) is 2.52. The van der Waals surface area contributed by atoms with Crippen LogP contribution in [-0.4, -0.2) is 19.1 Å². The second kappa shape index (κ2) is 8.44. The monoisotopic (exact) mass is 332 g/mol. The summed E-state index contributed by atoms with van der Waals surface area (Å²) in [4.78, 5) is 12.0. The van der Waals surface area contributed by atoms with Crippen LogP contribution < -0.4 is 15.4 Å². The van der Waals surface area contributed by atoms with Gasteiger partial charge in [-0.15, -0.1) is 0 Å². The quantitative estimate of drug-likeness (QED) is 0.785. The molecule has 0 unspecified atom stereocenters. The highest BCUT2D eigenvalue weighted by atomic mass is 35.5. The predicted octanol–water partition coefficient (Wildman–Crippen LogP) is 4.49. The van der Waals surface area contributed by atoms with Crippen LogP contribution in [0, 0.1) is 6.92 Å². The molecule has 0 aliphatic heterocycles. The summed E-state index contributed by atoms with van der Waals surface area (Å²) in [6, 6.07) is 13.1. The molecule has 0 bridgehead atoms. The summed E-state index contributed by atoms with van der Waals surface area (Å²) in [6.45, 7) is 5.08. The van der Waals surface area contributed by atoms with E-state index in [1.165, 1.54) is 0 Å². The molecule has 0 saturated carbocycles. The molecule has 0 atom stereocenters. The van der Waals surface area contributed by atoms with E-state index < -0.39 is 0 Å². The molecule has 0 heterocycles. The van der Waals surface area contributed by atoms with Crippen LogP contribution in [0.5, 0.6) is 5.75 Å². The Bertz CT molecular complexity index is 657. The molecular formula is C18H21ClN2O2. The number of nitrogens with one attached hydrogen (secondary N) is 2. The first-order chi connectivity index (χ1) is 11.1. The number of ether oxygens (including phenoxy) is 1. The molecule has 2 N–H and O–H groups in total. The van der Waals surface area contributed by atoms with Crippen molar-refractivity contribution in [3.05, 3.63) is 53.1 Å². The number of hydrogen-bond acceptors (Lipinski definition) is 3. The average molecular weight is 333 g/mol. The minimum Gasteiger partial charge on any atom is -0.494 e. The lowest BCUT2D eigenvalue weighted by molar-refractivity contribution is -0.115. The van der Waals surface area contributed by atoms with Crippen molar-refractivity contribution in [3.8, 4) is 5.75 Å². The maximum Gasteiger partial charge on any atom is 0.226 e. The molecule has 0 fully saturated rings. The van der Waals surface area contributed by atoms with Crippen LogP contribution >= 0.6 is 11.6 Å². The largest absolute Gasteiger partial charge is 0.494 e. The molecular weight excluding hydrogens is 312 g/mol. The van der Waals surface area contributed by atoms with E-state index in [9.17, 15) is 4.79 Å². The van der Waals surface area contributed by atoms with Gasteiger partial charge in [0.05, 0.1) is 6.61 Å². The zero-order valence-corrected chi connectivity index (χ0v) is 14.1. The smallest absolute Gasteiger partial charge is 0.226 e. The van der Waals surface area contributed by atoms with Gasteiger partial charge in [-0.25, -0.2) is 0 Å².